The van der Waals surface area contributed by atoms with E-state index in [0.717, 1.165) is 56.4 Å². The van der Waals surface area contributed by atoms with Crippen molar-refractivity contribution in [3.63, 3.8) is 0 Å². The van der Waals surface area contributed by atoms with Crippen LogP contribution in [-0.2, 0) is 28.5 Å². The number of carbonyl (C=O) groups is 1. The Morgan fingerprint density at radius 1 is 1.00 bits per heavy atom. The van der Waals surface area contributed by atoms with Crippen LogP contribution in [0.1, 0.15) is 64.2 Å². The molecule has 2 saturated heterocycles. The number of benzene rings is 1. The first kappa shape index (κ1) is 31.5. The normalized spacial score (nSPS) is 29.7. The maximum Gasteiger partial charge on any atom is 0.303 e. The van der Waals surface area contributed by atoms with Gasteiger partial charge in [-0.15, -0.1) is 0 Å². The third-order valence-electron chi connectivity index (χ3n) is 7.60. The number of carboxylic acid groups (broad SMARTS) is 1. The van der Waals surface area contributed by atoms with Crippen molar-refractivity contribution in [2.24, 2.45) is 5.92 Å². The number of hydrogen-bond donors (Lipinski definition) is 2. The lowest BCUT2D eigenvalue weighted by Gasteiger charge is -2.32. The predicted octanol–water partition coefficient (Wildman–Crippen LogP) is 4.64. The van der Waals surface area contributed by atoms with Crippen LogP contribution < -0.4 is 4.74 Å². The van der Waals surface area contributed by atoms with Gasteiger partial charge in [0.1, 0.15) is 18.5 Å². The summed E-state index contributed by atoms with van der Waals surface area (Å²) < 4.78 is 36.9. The number of ether oxygens (including phenoxy) is 6. The second kappa shape index (κ2) is 17.5. The molecule has 3 aliphatic rings. The van der Waals surface area contributed by atoms with Gasteiger partial charge in [-0.2, -0.15) is 11.8 Å². The molecular weight excluding hydrogens is 536 g/mol. The molecule has 3 fully saturated rings. The van der Waals surface area contributed by atoms with Crippen molar-refractivity contribution in [3.8, 4) is 5.75 Å². The van der Waals surface area contributed by atoms with Crippen molar-refractivity contribution in [2.45, 2.75) is 101 Å². The lowest BCUT2D eigenvalue weighted by molar-refractivity contribution is -0.226. The summed E-state index contributed by atoms with van der Waals surface area (Å²) in [6, 6.07) is 9.65. The van der Waals surface area contributed by atoms with Crippen molar-refractivity contribution in [1.82, 2.24) is 0 Å². The van der Waals surface area contributed by atoms with Gasteiger partial charge in [0.15, 0.2) is 12.6 Å². The maximum absolute atomic E-state index is 11.0. The van der Waals surface area contributed by atoms with Crippen LogP contribution in [0.3, 0.4) is 0 Å². The van der Waals surface area contributed by atoms with Gasteiger partial charge in [0, 0.05) is 37.7 Å². The molecule has 0 aromatic heterocycles. The summed E-state index contributed by atoms with van der Waals surface area (Å²) in [5.74, 6) is 1.45. The molecule has 0 amide bonds. The number of rotatable bonds is 17. The Balaban J connectivity index is 1.36. The Morgan fingerprint density at radius 3 is 2.45 bits per heavy atom. The first-order chi connectivity index (χ1) is 19.6. The standard InChI is InChI=1S/C30H46O9S/c31-25-18-26(39-29-14-5-8-16-35-29)30(24(25)21-40-17-9-6-12-27(32)33)37-20-23(38-28-13-4-7-15-34-28)19-36-22-10-2-1-3-11-22/h1-3,10-11,23-26,28-31H,4-9,12-21H2,(H,32,33). The minimum atomic E-state index is -0.763. The molecule has 40 heavy (non-hydrogen) atoms. The Bertz CT molecular complexity index is 832. The molecule has 0 spiro atoms. The van der Waals surface area contributed by atoms with Crippen molar-refractivity contribution < 1.29 is 43.4 Å². The zero-order valence-corrected chi connectivity index (χ0v) is 24.2. The fraction of sp³-hybridized carbons (Fsp3) is 0.767. The van der Waals surface area contributed by atoms with Gasteiger partial charge < -0.3 is 38.6 Å². The van der Waals surface area contributed by atoms with Gasteiger partial charge in [-0.05, 0) is 69.3 Å². The maximum atomic E-state index is 11.0. The van der Waals surface area contributed by atoms with E-state index in [4.69, 9.17) is 33.5 Å². The van der Waals surface area contributed by atoms with E-state index in [1.54, 1.807) is 11.8 Å². The highest BCUT2D eigenvalue weighted by molar-refractivity contribution is 7.99. The minimum absolute atomic E-state index is 0.111. The highest BCUT2D eigenvalue weighted by Gasteiger charge is 2.45. The van der Waals surface area contributed by atoms with Gasteiger partial charge >= 0.3 is 5.97 Å². The molecule has 7 unspecified atom stereocenters. The van der Waals surface area contributed by atoms with Crippen LogP contribution in [0, 0.1) is 5.92 Å². The number of unbranched alkanes of at least 4 members (excludes halogenated alkanes) is 1. The SMILES string of the molecule is O=C(O)CCCCSCC1C(O)CC(OC2CCCCO2)C1OCC(COc1ccccc1)OC1CCCCO1. The Morgan fingerprint density at radius 2 is 1.75 bits per heavy atom. The van der Waals surface area contributed by atoms with Crippen molar-refractivity contribution >= 4 is 17.7 Å². The lowest BCUT2D eigenvalue weighted by Crippen LogP contribution is -2.41. The van der Waals surface area contributed by atoms with E-state index in [-0.39, 0.29) is 49.8 Å². The second-order valence-corrected chi connectivity index (χ2v) is 12.0. The van der Waals surface area contributed by atoms with Crippen molar-refractivity contribution in [2.75, 3.05) is 37.9 Å². The summed E-state index contributed by atoms with van der Waals surface area (Å²) in [6.07, 6.45) is 6.01. The van der Waals surface area contributed by atoms with Crippen LogP contribution in [0.5, 0.6) is 5.75 Å². The summed E-state index contributed by atoms with van der Waals surface area (Å²) in [5.41, 5.74) is 0. The van der Waals surface area contributed by atoms with Crippen molar-refractivity contribution in [1.29, 1.82) is 0 Å². The van der Waals surface area contributed by atoms with E-state index < -0.39 is 12.1 Å². The van der Waals surface area contributed by atoms with Crippen LogP contribution in [0.15, 0.2) is 30.3 Å². The Hall–Kier alpha value is -1.40. The van der Waals surface area contributed by atoms with Crippen LogP contribution in [0.25, 0.3) is 0 Å². The fourth-order valence-corrected chi connectivity index (χ4v) is 6.67. The molecule has 226 valence electrons. The third kappa shape index (κ3) is 10.8. The van der Waals surface area contributed by atoms with Crippen LogP contribution in [-0.4, -0.2) is 91.1 Å². The molecule has 4 rings (SSSR count). The average Bonchev–Trinajstić information content (AvgIpc) is 3.26. The number of carboxylic acids is 1. The predicted molar refractivity (Wildman–Crippen MR) is 152 cm³/mol. The molecule has 10 heteroatoms. The summed E-state index contributed by atoms with van der Waals surface area (Å²) in [6.45, 7) is 1.99. The molecule has 0 radical (unpaired) electrons. The zero-order chi connectivity index (χ0) is 28.0. The number of para-hydroxylation sites is 1. The summed E-state index contributed by atoms with van der Waals surface area (Å²) >= 11 is 1.73. The van der Waals surface area contributed by atoms with E-state index in [9.17, 15) is 9.90 Å². The van der Waals surface area contributed by atoms with Gasteiger partial charge in [0.25, 0.3) is 0 Å². The fourth-order valence-electron chi connectivity index (χ4n) is 5.41. The molecule has 2 aliphatic heterocycles. The minimum Gasteiger partial charge on any atom is -0.491 e. The molecular formula is C30H46O9S. The second-order valence-electron chi connectivity index (χ2n) is 10.8. The Kier molecular flexibility index (Phi) is 13.8. The lowest BCUT2D eigenvalue weighted by atomic mass is 10.1. The average molecular weight is 583 g/mol. The van der Waals surface area contributed by atoms with E-state index >= 15 is 0 Å². The van der Waals surface area contributed by atoms with E-state index in [1.807, 2.05) is 30.3 Å². The monoisotopic (exact) mass is 582 g/mol. The van der Waals surface area contributed by atoms with E-state index in [0.29, 0.717) is 38.4 Å². The van der Waals surface area contributed by atoms with Gasteiger partial charge in [-0.1, -0.05) is 18.2 Å². The van der Waals surface area contributed by atoms with Crippen LogP contribution >= 0.6 is 11.8 Å². The molecule has 1 aliphatic carbocycles. The highest BCUT2D eigenvalue weighted by Crippen LogP contribution is 2.36. The zero-order valence-electron chi connectivity index (χ0n) is 23.4. The molecule has 2 N–H and O–H groups in total. The number of aliphatic carboxylic acids is 1. The van der Waals surface area contributed by atoms with E-state index in [2.05, 4.69) is 0 Å². The van der Waals surface area contributed by atoms with Gasteiger partial charge in [0.2, 0.25) is 0 Å². The first-order valence-corrected chi connectivity index (χ1v) is 16.0. The first-order valence-electron chi connectivity index (χ1n) is 14.9. The molecule has 2 heterocycles. The molecule has 1 aromatic rings. The molecule has 1 aromatic carbocycles. The number of thioether (sulfide) groups is 1. The van der Waals surface area contributed by atoms with Crippen LogP contribution in [0.4, 0.5) is 0 Å². The van der Waals surface area contributed by atoms with Gasteiger partial charge in [-0.25, -0.2) is 0 Å². The molecule has 7 atom stereocenters. The number of aliphatic hydroxyl groups is 1. The topological polar surface area (TPSA) is 113 Å². The van der Waals surface area contributed by atoms with Crippen LogP contribution in [0.2, 0.25) is 0 Å². The summed E-state index contributed by atoms with van der Waals surface area (Å²) in [5, 5.41) is 19.9. The largest absolute Gasteiger partial charge is 0.491 e. The molecule has 1 saturated carbocycles. The Labute approximate surface area is 242 Å². The number of aliphatic hydroxyl groups excluding tert-OH is 1. The highest BCUT2D eigenvalue weighted by atomic mass is 32.2. The van der Waals surface area contributed by atoms with Gasteiger partial charge in [-0.3, -0.25) is 4.79 Å². The number of hydrogen-bond acceptors (Lipinski definition) is 9. The van der Waals surface area contributed by atoms with E-state index in [1.165, 1.54) is 0 Å². The molecule has 9 nitrogen and oxygen atoms in total. The van der Waals surface area contributed by atoms with Crippen molar-refractivity contribution in [3.05, 3.63) is 30.3 Å². The summed E-state index contributed by atoms with van der Waals surface area (Å²) in [7, 11) is 0. The molecule has 0 bridgehead atoms. The van der Waals surface area contributed by atoms with Gasteiger partial charge in [0.05, 0.1) is 24.9 Å². The quantitative estimate of drug-likeness (QED) is 0.252. The third-order valence-corrected chi connectivity index (χ3v) is 8.79. The summed E-state index contributed by atoms with van der Waals surface area (Å²) in [4.78, 5) is 10.8. The smallest absolute Gasteiger partial charge is 0.303 e.